The fourth-order valence-electron chi connectivity index (χ4n) is 3.24. The summed E-state index contributed by atoms with van der Waals surface area (Å²) < 4.78 is 37.9. The molecule has 0 saturated heterocycles. The van der Waals surface area contributed by atoms with Crippen molar-refractivity contribution in [1.29, 1.82) is 0 Å². The van der Waals surface area contributed by atoms with Crippen molar-refractivity contribution in [2.24, 2.45) is 0 Å². The van der Waals surface area contributed by atoms with Gasteiger partial charge in [0.05, 0.1) is 11.6 Å². The van der Waals surface area contributed by atoms with Gasteiger partial charge >= 0.3 is 6.18 Å². The number of fused-ring (bicyclic) bond motifs is 1. The standard InChI is InChI=1S/C20H18F3NO2/c1-12(25)14-7-10-17-15(11-14)3-2-4-18(17)24-19(26)13-5-8-16(9-6-13)20(21,22)23/h5-11,18H,2-4H2,1H3,(H,24,26). The summed E-state index contributed by atoms with van der Waals surface area (Å²) in [5, 5.41) is 2.89. The Kier molecular flexibility index (Phi) is 4.85. The molecule has 2 aromatic rings. The van der Waals surface area contributed by atoms with Gasteiger partial charge in [0.25, 0.3) is 5.91 Å². The number of Topliss-reactive ketones (excluding diaryl/α,β-unsaturated/α-hetero) is 1. The van der Waals surface area contributed by atoms with Gasteiger partial charge in [0.1, 0.15) is 0 Å². The van der Waals surface area contributed by atoms with E-state index in [4.69, 9.17) is 0 Å². The average Bonchev–Trinajstić information content (AvgIpc) is 2.60. The minimum Gasteiger partial charge on any atom is -0.345 e. The van der Waals surface area contributed by atoms with Crippen LogP contribution in [0, 0.1) is 0 Å². The third-order valence-corrected chi connectivity index (χ3v) is 4.64. The summed E-state index contributed by atoms with van der Waals surface area (Å²) in [6.45, 7) is 1.51. The lowest BCUT2D eigenvalue weighted by atomic mass is 9.86. The molecule has 3 rings (SSSR count). The molecule has 0 aliphatic heterocycles. The SMILES string of the molecule is CC(=O)c1ccc2c(c1)CCCC2NC(=O)c1ccc(C(F)(F)F)cc1. The molecule has 1 aliphatic rings. The number of aryl methyl sites for hydroxylation is 1. The van der Waals surface area contributed by atoms with Crippen LogP contribution in [-0.2, 0) is 12.6 Å². The molecule has 1 unspecified atom stereocenters. The van der Waals surface area contributed by atoms with Crippen molar-refractivity contribution in [2.75, 3.05) is 0 Å². The zero-order valence-corrected chi connectivity index (χ0v) is 14.2. The van der Waals surface area contributed by atoms with E-state index in [9.17, 15) is 22.8 Å². The number of nitrogens with one attached hydrogen (secondary N) is 1. The second kappa shape index (κ2) is 6.94. The Hall–Kier alpha value is -2.63. The number of carbonyl (C=O) groups is 2. The zero-order valence-electron chi connectivity index (χ0n) is 14.2. The molecule has 2 aromatic carbocycles. The number of rotatable bonds is 3. The van der Waals surface area contributed by atoms with Crippen molar-refractivity contribution >= 4 is 11.7 Å². The number of hydrogen-bond acceptors (Lipinski definition) is 2. The van der Waals surface area contributed by atoms with Gasteiger partial charge in [0, 0.05) is 11.1 Å². The molecule has 136 valence electrons. The molecule has 0 saturated carbocycles. The van der Waals surface area contributed by atoms with Crippen LogP contribution in [0.3, 0.4) is 0 Å². The van der Waals surface area contributed by atoms with Gasteiger partial charge in [-0.05, 0) is 67.6 Å². The highest BCUT2D eigenvalue weighted by atomic mass is 19.4. The first-order valence-electron chi connectivity index (χ1n) is 8.37. The third-order valence-electron chi connectivity index (χ3n) is 4.64. The van der Waals surface area contributed by atoms with E-state index >= 15 is 0 Å². The van der Waals surface area contributed by atoms with Crippen LogP contribution in [0.4, 0.5) is 13.2 Å². The Balaban J connectivity index is 1.78. The van der Waals surface area contributed by atoms with Crippen LogP contribution in [0.1, 0.15) is 63.2 Å². The quantitative estimate of drug-likeness (QED) is 0.805. The number of ketones is 1. The molecule has 0 aromatic heterocycles. The average molecular weight is 361 g/mol. The lowest BCUT2D eigenvalue weighted by Crippen LogP contribution is -2.31. The van der Waals surface area contributed by atoms with Crippen LogP contribution in [0.25, 0.3) is 0 Å². The molecule has 6 heteroatoms. The largest absolute Gasteiger partial charge is 0.416 e. The fourth-order valence-corrected chi connectivity index (χ4v) is 3.24. The van der Waals surface area contributed by atoms with Gasteiger partial charge in [-0.1, -0.05) is 12.1 Å². The van der Waals surface area contributed by atoms with Crippen molar-refractivity contribution in [1.82, 2.24) is 5.32 Å². The van der Waals surface area contributed by atoms with Crippen LogP contribution in [0.2, 0.25) is 0 Å². The van der Waals surface area contributed by atoms with Crippen molar-refractivity contribution in [3.63, 3.8) is 0 Å². The Morgan fingerprint density at radius 1 is 1.04 bits per heavy atom. The number of benzene rings is 2. The summed E-state index contributed by atoms with van der Waals surface area (Å²) in [4.78, 5) is 23.9. The van der Waals surface area contributed by atoms with E-state index in [-0.39, 0.29) is 17.4 Å². The lowest BCUT2D eigenvalue weighted by Gasteiger charge is -2.27. The molecule has 3 nitrogen and oxygen atoms in total. The van der Waals surface area contributed by atoms with Gasteiger partial charge in [0.2, 0.25) is 0 Å². The first-order valence-corrected chi connectivity index (χ1v) is 8.37. The predicted molar refractivity (Wildman–Crippen MR) is 91.0 cm³/mol. The van der Waals surface area contributed by atoms with Crippen molar-refractivity contribution in [3.8, 4) is 0 Å². The second-order valence-electron chi connectivity index (χ2n) is 6.46. The fraction of sp³-hybridized carbons (Fsp3) is 0.300. The van der Waals surface area contributed by atoms with E-state index in [0.29, 0.717) is 5.56 Å². The molecule has 1 amide bonds. The van der Waals surface area contributed by atoms with E-state index < -0.39 is 17.6 Å². The molecular formula is C20H18F3NO2. The van der Waals surface area contributed by atoms with Gasteiger partial charge in [-0.15, -0.1) is 0 Å². The molecule has 0 spiro atoms. The Bertz CT molecular complexity index is 841. The highest BCUT2D eigenvalue weighted by Crippen LogP contribution is 2.31. The summed E-state index contributed by atoms with van der Waals surface area (Å²) in [6, 6.07) is 9.41. The molecule has 0 heterocycles. The third kappa shape index (κ3) is 3.79. The summed E-state index contributed by atoms with van der Waals surface area (Å²) in [7, 11) is 0. The molecule has 1 aliphatic carbocycles. The maximum atomic E-state index is 12.6. The van der Waals surface area contributed by atoms with Gasteiger partial charge in [-0.2, -0.15) is 13.2 Å². The number of alkyl halides is 3. The topological polar surface area (TPSA) is 46.2 Å². The second-order valence-corrected chi connectivity index (χ2v) is 6.46. The number of amides is 1. The first-order chi connectivity index (χ1) is 12.3. The predicted octanol–water partition coefficient (Wildman–Crippen LogP) is 4.72. The van der Waals surface area contributed by atoms with Gasteiger partial charge < -0.3 is 5.32 Å². The molecule has 1 N–H and O–H groups in total. The van der Waals surface area contributed by atoms with Crippen molar-refractivity contribution in [3.05, 3.63) is 70.3 Å². The van der Waals surface area contributed by atoms with Gasteiger partial charge in [-0.3, -0.25) is 9.59 Å². The normalized spacial score (nSPS) is 16.7. The molecule has 0 radical (unpaired) electrons. The molecule has 0 bridgehead atoms. The molecule has 1 atom stereocenters. The minimum absolute atomic E-state index is 0.0105. The van der Waals surface area contributed by atoms with E-state index in [0.717, 1.165) is 42.5 Å². The van der Waals surface area contributed by atoms with E-state index in [1.165, 1.54) is 19.1 Å². The first kappa shape index (κ1) is 18.2. The zero-order chi connectivity index (χ0) is 18.9. The summed E-state index contributed by atoms with van der Waals surface area (Å²) in [6.07, 6.45) is -1.97. The Morgan fingerprint density at radius 3 is 2.31 bits per heavy atom. The van der Waals surface area contributed by atoms with Crippen LogP contribution < -0.4 is 5.32 Å². The van der Waals surface area contributed by atoms with Crippen LogP contribution in [-0.4, -0.2) is 11.7 Å². The monoisotopic (exact) mass is 361 g/mol. The van der Waals surface area contributed by atoms with Crippen LogP contribution in [0.5, 0.6) is 0 Å². The van der Waals surface area contributed by atoms with Crippen molar-refractivity contribution in [2.45, 2.75) is 38.4 Å². The molecular weight excluding hydrogens is 343 g/mol. The lowest BCUT2D eigenvalue weighted by molar-refractivity contribution is -0.137. The van der Waals surface area contributed by atoms with Crippen molar-refractivity contribution < 1.29 is 22.8 Å². The highest BCUT2D eigenvalue weighted by molar-refractivity contribution is 5.95. The Labute approximate surface area is 149 Å². The molecule has 0 fully saturated rings. The van der Waals surface area contributed by atoms with E-state index in [1.54, 1.807) is 6.07 Å². The summed E-state index contributed by atoms with van der Waals surface area (Å²) in [5.41, 5.74) is 2.03. The maximum absolute atomic E-state index is 12.6. The maximum Gasteiger partial charge on any atom is 0.416 e. The summed E-state index contributed by atoms with van der Waals surface area (Å²) >= 11 is 0. The van der Waals surface area contributed by atoms with Gasteiger partial charge in [0.15, 0.2) is 5.78 Å². The van der Waals surface area contributed by atoms with Crippen LogP contribution >= 0.6 is 0 Å². The number of carbonyl (C=O) groups excluding carboxylic acids is 2. The number of hydrogen-bond donors (Lipinski definition) is 1. The Morgan fingerprint density at radius 2 is 1.69 bits per heavy atom. The van der Waals surface area contributed by atoms with E-state index in [1.807, 2.05) is 12.1 Å². The van der Waals surface area contributed by atoms with Crippen LogP contribution in [0.15, 0.2) is 42.5 Å². The van der Waals surface area contributed by atoms with E-state index in [2.05, 4.69) is 5.32 Å². The molecule has 26 heavy (non-hydrogen) atoms. The van der Waals surface area contributed by atoms with Gasteiger partial charge in [-0.25, -0.2) is 0 Å². The number of halogens is 3. The highest BCUT2D eigenvalue weighted by Gasteiger charge is 2.30. The summed E-state index contributed by atoms with van der Waals surface area (Å²) in [5.74, 6) is -0.420. The smallest absolute Gasteiger partial charge is 0.345 e. The minimum atomic E-state index is -4.42.